The van der Waals surface area contributed by atoms with E-state index in [1.165, 1.54) is 28.6 Å². The number of halogens is 1. The highest BCUT2D eigenvalue weighted by Crippen LogP contribution is 2.21. The van der Waals surface area contributed by atoms with Crippen LogP contribution in [0.1, 0.15) is 31.4 Å². The summed E-state index contributed by atoms with van der Waals surface area (Å²) in [5.74, 6) is -0.356. The first-order valence-electron chi connectivity index (χ1n) is 9.88. The molecule has 0 aliphatic rings. The number of amides is 1. The highest BCUT2D eigenvalue weighted by atomic mass is 35.5. The van der Waals surface area contributed by atoms with Crippen molar-refractivity contribution in [1.29, 1.82) is 0 Å². The Morgan fingerprint density at radius 3 is 2.43 bits per heavy atom. The van der Waals surface area contributed by atoms with Crippen molar-refractivity contribution in [1.82, 2.24) is 9.62 Å². The third-order valence-electron chi connectivity index (χ3n) is 4.47. The molecule has 0 aliphatic heterocycles. The van der Waals surface area contributed by atoms with Gasteiger partial charge in [0.2, 0.25) is 15.9 Å². The average molecular weight is 453 g/mol. The summed E-state index contributed by atoms with van der Waals surface area (Å²) < 4.78 is 33.1. The Morgan fingerprint density at radius 1 is 1.13 bits per heavy atom. The summed E-state index contributed by atoms with van der Waals surface area (Å²) in [7, 11) is -3.89. The number of nitrogens with zero attached hydrogens (tertiary/aromatic N) is 1. The van der Waals surface area contributed by atoms with Crippen LogP contribution in [0.15, 0.2) is 53.4 Å². The molecule has 2 rings (SSSR count). The van der Waals surface area contributed by atoms with Gasteiger partial charge in [0.1, 0.15) is 0 Å². The predicted octanol–water partition coefficient (Wildman–Crippen LogP) is 3.77. The van der Waals surface area contributed by atoms with Crippen LogP contribution < -0.4 is 5.32 Å². The third-order valence-corrected chi connectivity index (χ3v) is 6.53. The van der Waals surface area contributed by atoms with E-state index in [-0.39, 0.29) is 30.0 Å². The zero-order chi connectivity index (χ0) is 22.1. The smallest absolute Gasteiger partial charge is 0.243 e. The van der Waals surface area contributed by atoms with Crippen molar-refractivity contribution in [2.75, 3.05) is 19.7 Å². The first kappa shape index (κ1) is 24.3. The Bertz CT molecular complexity index is 930. The Labute approximate surface area is 184 Å². The zero-order valence-corrected chi connectivity index (χ0v) is 19.2. The molecule has 6 nitrogen and oxygen atoms in total. The number of aryl methyl sites for hydroxylation is 1. The number of nitrogens with one attached hydrogen (secondary N) is 1. The molecule has 0 saturated carbocycles. The van der Waals surface area contributed by atoms with Crippen LogP contribution in [0.2, 0.25) is 5.02 Å². The maximum Gasteiger partial charge on any atom is 0.243 e. The van der Waals surface area contributed by atoms with Crippen molar-refractivity contribution in [3.05, 3.63) is 64.7 Å². The van der Waals surface area contributed by atoms with E-state index in [9.17, 15) is 13.2 Å². The molecule has 0 aliphatic carbocycles. The van der Waals surface area contributed by atoms with Crippen LogP contribution in [-0.4, -0.2) is 44.4 Å². The molecule has 30 heavy (non-hydrogen) atoms. The van der Waals surface area contributed by atoms with Crippen LogP contribution in [0.5, 0.6) is 0 Å². The molecule has 0 heterocycles. The number of hydrogen-bond acceptors (Lipinski definition) is 4. The minimum absolute atomic E-state index is 0.0959. The quantitative estimate of drug-likeness (QED) is 0.526. The summed E-state index contributed by atoms with van der Waals surface area (Å²) in [5, 5.41) is 3.22. The molecule has 2 aromatic carbocycles. The van der Waals surface area contributed by atoms with Gasteiger partial charge in [-0.25, -0.2) is 8.42 Å². The molecular weight excluding hydrogens is 424 g/mol. The van der Waals surface area contributed by atoms with Crippen molar-refractivity contribution in [2.24, 2.45) is 0 Å². The van der Waals surface area contributed by atoms with Crippen LogP contribution in [0, 0.1) is 6.92 Å². The molecular formula is C22H29ClN2O4S. The Kier molecular flexibility index (Phi) is 9.30. The van der Waals surface area contributed by atoms with Crippen LogP contribution in [-0.2, 0) is 26.1 Å². The van der Waals surface area contributed by atoms with E-state index < -0.39 is 10.0 Å². The molecule has 0 radical (unpaired) electrons. The van der Waals surface area contributed by atoms with E-state index in [4.69, 9.17) is 16.3 Å². The molecule has 0 saturated heterocycles. The molecule has 2 aromatic rings. The van der Waals surface area contributed by atoms with E-state index in [0.29, 0.717) is 24.6 Å². The highest BCUT2D eigenvalue weighted by molar-refractivity contribution is 7.89. The van der Waals surface area contributed by atoms with Gasteiger partial charge >= 0.3 is 0 Å². The molecule has 0 bridgehead atoms. The number of ether oxygens (including phenoxy) is 1. The lowest BCUT2D eigenvalue weighted by molar-refractivity contribution is -0.121. The second kappa shape index (κ2) is 11.5. The summed E-state index contributed by atoms with van der Waals surface area (Å²) in [6.45, 7) is 6.59. The van der Waals surface area contributed by atoms with E-state index in [1.807, 2.05) is 45.0 Å². The van der Waals surface area contributed by atoms with Crippen molar-refractivity contribution < 1.29 is 17.9 Å². The minimum Gasteiger partial charge on any atom is -0.379 e. The normalized spacial score (nSPS) is 11.8. The van der Waals surface area contributed by atoms with Gasteiger partial charge in [0, 0.05) is 24.7 Å². The van der Waals surface area contributed by atoms with Crippen LogP contribution in [0.25, 0.3) is 0 Å². The second-order valence-electron chi connectivity index (χ2n) is 7.28. The average Bonchev–Trinajstić information content (AvgIpc) is 2.69. The fourth-order valence-corrected chi connectivity index (χ4v) is 4.29. The van der Waals surface area contributed by atoms with Gasteiger partial charge in [-0.15, -0.1) is 0 Å². The molecule has 8 heteroatoms. The second-order valence-corrected chi connectivity index (χ2v) is 9.65. The predicted molar refractivity (Wildman–Crippen MR) is 119 cm³/mol. The van der Waals surface area contributed by atoms with Crippen molar-refractivity contribution in [3.8, 4) is 0 Å². The molecule has 0 aromatic heterocycles. The first-order valence-corrected chi connectivity index (χ1v) is 11.7. The number of carbonyl (C=O) groups excluding carboxylic acids is 1. The van der Waals surface area contributed by atoms with Crippen molar-refractivity contribution in [2.45, 2.75) is 44.7 Å². The molecule has 0 unspecified atom stereocenters. The van der Waals surface area contributed by atoms with Gasteiger partial charge in [0.05, 0.1) is 17.5 Å². The molecule has 0 atom stereocenters. The van der Waals surface area contributed by atoms with Gasteiger partial charge < -0.3 is 10.1 Å². The van der Waals surface area contributed by atoms with Crippen LogP contribution in [0.4, 0.5) is 0 Å². The largest absolute Gasteiger partial charge is 0.379 e. The van der Waals surface area contributed by atoms with Crippen LogP contribution in [0.3, 0.4) is 0 Å². The van der Waals surface area contributed by atoms with E-state index in [2.05, 4.69) is 5.32 Å². The van der Waals surface area contributed by atoms with E-state index >= 15 is 0 Å². The van der Waals surface area contributed by atoms with E-state index in [0.717, 1.165) is 11.1 Å². The SMILES string of the molecule is Cc1ccccc1CN(CC(=O)NCCCOC(C)C)S(=O)(=O)c1ccc(Cl)cc1. The topological polar surface area (TPSA) is 75.7 Å². The zero-order valence-electron chi connectivity index (χ0n) is 17.6. The van der Waals surface area contributed by atoms with Crippen molar-refractivity contribution in [3.63, 3.8) is 0 Å². The molecule has 1 N–H and O–H groups in total. The standard InChI is InChI=1S/C22H29ClN2O4S/c1-17(2)29-14-6-13-24-22(26)16-25(15-19-8-5-4-7-18(19)3)30(27,28)21-11-9-20(23)10-12-21/h4-5,7-12,17H,6,13-16H2,1-3H3,(H,24,26). The minimum atomic E-state index is -3.89. The summed E-state index contributed by atoms with van der Waals surface area (Å²) in [6, 6.07) is 13.5. The maximum absolute atomic E-state index is 13.2. The Balaban J connectivity index is 2.14. The number of carbonyl (C=O) groups is 1. The monoisotopic (exact) mass is 452 g/mol. The molecule has 0 fully saturated rings. The lowest BCUT2D eigenvalue weighted by Gasteiger charge is -2.23. The Hall–Kier alpha value is -1.93. The summed E-state index contributed by atoms with van der Waals surface area (Å²) in [5.41, 5.74) is 1.80. The van der Waals surface area contributed by atoms with Crippen LogP contribution >= 0.6 is 11.6 Å². The number of rotatable bonds is 11. The van der Waals surface area contributed by atoms with Gasteiger partial charge in [0.25, 0.3) is 0 Å². The lowest BCUT2D eigenvalue weighted by Crippen LogP contribution is -2.40. The maximum atomic E-state index is 13.2. The van der Waals surface area contributed by atoms with Gasteiger partial charge in [0.15, 0.2) is 0 Å². The summed E-state index contributed by atoms with van der Waals surface area (Å²) >= 11 is 5.90. The molecule has 1 amide bonds. The van der Waals surface area contributed by atoms with Gasteiger partial charge in [-0.2, -0.15) is 4.31 Å². The number of sulfonamides is 1. The fraction of sp³-hybridized carbons (Fsp3) is 0.409. The third kappa shape index (κ3) is 7.40. The van der Waals surface area contributed by atoms with Crippen molar-refractivity contribution >= 4 is 27.5 Å². The first-order chi connectivity index (χ1) is 14.2. The summed E-state index contributed by atoms with van der Waals surface area (Å²) in [6.07, 6.45) is 0.792. The summed E-state index contributed by atoms with van der Waals surface area (Å²) in [4.78, 5) is 12.6. The van der Waals surface area contributed by atoms with Gasteiger partial charge in [-0.1, -0.05) is 35.9 Å². The highest BCUT2D eigenvalue weighted by Gasteiger charge is 2.27. The van der Waals surface area contributed by atoms with E-state index in [1.54, 1.807) is 0 Å². The Morgan fingerprint density at radius 2 is 1.80 bits per heavy atom. The number of benzene rings is 2. The van der Waals surface area contributed by atoms with Gasteiger partial charge in [-0.05, 0) is 62.6 Å². The molecule has 164 valence electrons. The molecule has 0 spiro atoms. The fourth-order valence-electron chi connectivity index (χ4n) is 2.79. The number of hydrogen-bond donors (Lipinski definition) is 1. The van der Waals surface area contributed by atoms with Gasteiger partial charge in [-0.3, -0.25) is 4.79 Å². The lowest BCUT2D eigenvalue weighted by atomic mass is 10.1.